The predicted octanol–water partition coefficient (Wildman–Crippen LogP) is 1.92. The minimum Gasteiger partial charge on any atom is -0.340 e. The highest BCUT2D eigenvalue weighted by atomic mass is 16.5. The van der Waals surface area contributed by atoms with Crippen LogP contribution in [0.3, 0.4) is 0 Å². The number of hydroxylamine groups is 1. The van der Waals surface area contributed by atoms with Crippen LogP contribution in [-0.2, 0) is 17.6 Å². The normalized spacial score (nSPS) is 24.0. The number of hydrogen-bond donors (Lipinski definition) is 2. The van der Waals surface area contributed by atoms with Crippen LogP contribution in [0, 0.1) is 5.41 Å². The summed E-state index contributed by atoms with van der Waals surface area (Å²) in [6.45, 7) is 4.97. The van der Waals surface area contributed by atoms with Crippen LogP contribution in [0.4, 0.5) is 0 Å². The fourth-order valence-corrected chi connectivity index (χ4v) is 3.80. The van der Waals surface area contributed by atoms with Crippen LogP contribution in [0.25, 0.3) is 0 Å². The van der Waals surface area contributed by atoms with Gasteiger partial charge in [-0.3, -0.25) is 14.8 Å². The topological polar surface area (TPSA) is 69.6 Å². The van der Waals surface area contributed by atoms with Crippen molar-refractivity contribution in [3.05, 3.63) is 34.9 Å². The van der Waals surface area contributed by atoms with Crippen LogP contribution in [-0.4, -0.2) is 34.5 Å². The lowest BCUT2D eigenvalue weighted by Gasteiger charge is -2.34. The number of hydrogen-bond acceptors (Lipinski definition) is 3. The molecule has 1 unspecified atom stereocenters. The van der Waals surface area contributed by atoms with Gasteiger partial charge < -0.3 is 4.90 Å². The molecule has 1 fully saturated rings. The first-order valence-corrected chi connectivity index (χ1v) is 7.84. The summed E-state index contributed by atoms with van der Waals surface area (Å²) in [5.74, 6) is -0.212. The lowest BCUT2D eigenvalue weighted by molar-refractivity contribution is -0.138. The Bertz CT molecular complexity index is 626. The molecule has 2 N–H and O–H groups in total. The average molecular weight is 302 g/mol. The van der Waals surface area contributed by atoms with Crippen LogP contribution >= 0.6 is 0 Å². The maximum Gasteiger partial charge on any atom is 0.274 e. The molecule has 1 aliphatic heterocycles. The number of aryl methyl sites for hydroxylation is 1. The van der Waals surface area contributed by atoms with Crippen LogP contribution in [0.15, 0.2) is 18.2 Å². The molecule has 3 rings (SSSR count). The van der Waals surface area contributed by atoms with Crippen molar-refractivity contribution in [1.29, 1.82) is 0 Å². The van der Waals surface area contributed by atoms with Crippen LogP contribution in [0.2, 0.25) is 0 Å². The van der Waals surface area contributed by atoms with Crippen LogP contribution < -0.4 is 5.48 Å². The molecule has 2 amide bonds. The zero-order chi connectivity index (χ0) is 15.9. The van der Waals surface area contributed by atoms with Gasteiger partial charge >= 0.3 is 0 Å². The van der Waals surface area contributed by atoms with Gasteiger partial charge in [0, 0.05) is 18.2 Å². The summed E-state index contributed by atoms with van der Waals surface area (Å²) >= 11 is 0. The first-order chi connectivity index (χ1) is 10.5. The third-order valence-corrected chi connectivity index (χ3v) is 5.14. The summed E-state index contributed by atoms with van der Waals surface area (Å²) in [7, 11) is 0. The molecule has 2 aliphatic rings. The number of likely N-dealkylation sites (tertiary alicyclic amines) is 1. The summed E-state index contributed by atoms with van der Waals surface area (Å²) in [6.07, 6.45) is 3.32. The monoisotopic (exact) mass is 302 g/mol. The van der Waals surface area contributed by atoms with Gasteiger partial charge in [-0.05, 0) is 62.8 Å². The molecule has 22 heavy (non-hydrogen) atoms. The Kier molecular flexibility index (Phi) is 3.68. The van der Waals surface area contributed by atoms with E-state index in [1.165, 1.54) is 0 Å². The second kappa shape index (κ2) is 5.39. The van der Waals surface area contributed by atoms with Gasteiger partial charge in [0.25, 0.3) is 5.91 Å². The van der Waals surface area contributed by atoms with E-state index in [4.69, 9.17) is 5.21 Å². The largest absolute Gasteiger partial charge is 0.340 e. The number of carbonyl (C=O) groups excluding carboxylic acids is 2. The van der Waals surface area contributed by atoms with Gasteiger partial charge in [0.2, 0.25) is 5.91 Å². The smallest absolute Gasteiger partial charge is 0.274 e. The van der Waals surface area contributed by atoms with Crippen molar-refractivity contribution < 1.29 is 14.8 Å². The highest BCUT2D eigenvalue weighted by Gasteiger charge is 2.48. The Morgan fingerprint density at radius 2 is 2.09 bits per heavy atom. The lowest BCUT2D eigenvalue weighted by atomic mass is 9.70. The number of amides is 2. The van der Waals surface area contributed by atoms with Crippen molar-refractivity contribution >= 4 is 11.8 Å². The Morgan fingerprint density at radius 1 is 1.32 bits per heavy atom. The molecule has 1 saturated heterocycles. The number of fused-ring (bicyclic) bond motifs is 1. The molecule has 1 aromatic carbocycles. The number of rotatable bonds is 2. The Morgan fingerprint density at radius 3 is 2.73 bits per heavy atom. The first kappa shape index (κ1) is 15.0. The quantitative estimate of drug-likeness (QED) is 0.648. The summed E-state index contributed by atoms with van der Waals surface area (Å²) in [5, 5.41) is 8.73. The highest BCUT2D eigenvalue weighted by Crippen LogP contribution is 2.44. The van der Waals surface area contributed by atoms with Crippen molar-refractivity contribution in [3.8, 4) is 0 Å². The summed E-state index contributed by atoms with van der Waals surface area (Å²) < 4.78 is 0. The highest BCUT2D eigenvalue weighted by molar-refractivity contribution is 5.93. The summed E-state index contributed by atoms with van der Waals surface area (Å²) in [6, 6.07) is 5.71. The number of carbonyl (C=O) groups is 2. The Hall–Kier alpha value is -1.88. The molecule has 0 saturated carbocycles. The molecule has 0 bridgehead atoms. The van der Waals surface area contributed by atoms with Crippen LogP contribution in [0.1, 0.15) is 48.2 Å². The predicted molar refractivity (Wildman–Crippen MR) is 81.6 cm³/mol. The molecular formula is C17H22N2O3. The molecule has 1 aliphatic carbocycles. The summed E-state index contributed by atoms with van der Waals surface area (Å²) in [4.78, 5) is 26.3. The fraction of sp³-hybridized carbons (Fsp3) is 0.529. The first-order valence-electron chi connectivity index (χ1n) is 7.84. The van der Waals surface area contributed by atoms with E-state index in [0.717, 1.165) is 43.4 Å². The van der Waals surface area contributed by atoms with Gasteiger partial charge in [0.05, 0.1) is 5.41 Å². The second-order valence-corrected chi connectivity index (χ2v) is 6.72. The van der Waals surface area contributed by atoms with Gasteiger partial charge in [0.1, 0.15) is 0 Å². The van der Waals surface area contributed by atoms with Crippen molar-refractivity contribution in [3.63, 3.8) is 0 Å². The molecule has 1 atom stereocenters. The molecule has 0 radical (unpaired) electrons. The standard InChI is InChI=1S/C17H22N2O3/c1-11(2)19-8-7-17(16(19)21)6-5-12-9-13(15(20)18-22)3-4-14(12)10-17/h3-4,9,11,22H,5-8,10H2,1-2H3,(H,18,20). The molecule has 1 aromatic rings. The SMILES string of the molecule is CC(C)N1CCC2(CCc3cc(C(=O)NO)ccc3C2)C1=O. The maximum atomic E-state index is 12.8. The van der Waals surface area contributed by atoms with Gasteiger partial charge in [0.15, 0.2) is 0 Å². The van der Waals surface area contributed by atoms with E-state index in [9.17, 15) is 9.59 Å². The third-order valence-electron chi connectivity index (χ3n) is 5.14. The third kappa shape index (κ3) is 2.29. The van der Waals surface area contributed by atoms with Gasteiger partial charge in [-0.25, -0.2) is 5.48 Å². The van der Waals surface area contributed by atoms with E-state index < -0.39 is 5.91 Å². The summed E-state index contributed by atoms with van der Waals surface area (Å²) in [5.41, 5.74) is 4.13. The number of nitrogens with zero attached hydrogens (tertiary/aromatic N) is 1. The second-order valence-electron chi connectivity index (χ2n) is 6.72. The van der Waals surface area contributed by atoms with E-state index in [2.05, 4.69) is 13.8 Å². The molecule has 5 heteroatoms. The molecular weight excluding hydrogens is 280 g/mol. The minimum absolute atomic E-state index is 0.252. The van der Waals surface area contributed by atoms with Crippen molar-refractivity contribution in [2.45, 2.75) is 45.6 Å². The van der Waals surface area contributed by atoms with Crippen molar-refractivity contribution in [2.24, 2.45) is 5.41 Å². The van der Waals surface area contributed by atoms with E-state index >= 15 is 0 Å². The van der Waals surface area contributed by atoms with Crippen molar-refractivity contribution in [2.75, 3.05) is 6.54 Å². The molecule has 0 aromatic heterocycles. The molecule has 118 valence electrons. The molecule has 1 heterocycles. The van der Waals surface area contributed by atoms with Gasteiger partial charge in [-0.2, -0.15) is 0 Å². The Balaban J connectivity index is 1.86. The van der Waals surface area contributed by atoms with Gasteiger partial charge in [-0.15, -0.1) is 0 Å². The average Bonchev–Trinajstić information content (AvgIpc) is 2.83. The fourth-order valence-electron chi connectivity index (χ4n) is 3.80. The van der Waals surface area contributed by atoms with E-state index in [0.29, 0.717) is 5.56 Å². The number of nitrogens with one attached hydrogen (secondary N) is 1. The van der Waals surface area contributed by atoms with Gasteiger partial charge in [-0.1, -0.05) is 6.07 Å². The minimum atomic E-state index is -0.494. The molecule has 1 spiro atoms. The lowest BCUT2D eigenvalue weighted by Crippen LogP contribution is -2.41. The van der Waals surface area contributed by atoms with Crippen molar-refractivity contribution in [1.82, 2.24) is 10.4 Å². The maximum absolute atomic E-state index is 12.8. The van der Waals surface area contributed by atoms with E-state index in [-0.39, 0.29) is 17.4 Å². The number of benzene rings is 1. The zero-order valence-electron chi connectivity index (χ0n) is 13.1. The van der Waals surface area contributed by atoms with E-state index in [1.807, 2.05) is 17.0 Å². The molecule has 5 nitrogen and oxygen atoms in total. The van der Waals surface area contributed by atoms with E-state index in [1.54, 1.807) is 11.5 Å². The van der Waals surface area contributed by atoms with Crippen LogP contribution in [0.5, 0.6) is 0 Å². The zero-order valence-corrected chi connectivity index (χ0v) is 13.1. The Labute approximate surface area is 130 Å².